The minimum Gasteiger partial charge on any atom is -0.466 e. The molecule has 0 atom stereocenters. The summed E-state index contributed by atoms with van der Waals surface area (Å²) in [5.74, 6) is 1.17. The van der Waals surface area contributed by atoms with Crippen LogP contribution in [0.1, 0.15) is 240 Å². The van der Waals surface area contributed by atoms with E-state index in [2.05, 4.69) is 44.8 Å². The van der Waals surface area contributed by atoms with E-state index < -0.39 is 0 Å². The maximum Gasteiger partial charge on any atom is 0.306 e. The van der Waals surface area contributed by atoms with Crippen molar-refractivity contribution in [1.82, 2.24) is 10.2 Å². The van der Waals surface area contributed by atoms with Crippen molar-refractivity contribution in [2.75, 3.05) is 33.4 Å². The van der Waals surface area contributed by atoms with Gasteiger partial charge in [-0.15, -0.1) is 0 Å². The molecule has 0 aliphatic rings. The Bertz CT molecular complexity index is 795. The fourth-order valence-electron chi connectivity index (χ4n) is 7.66. The highest BCUT2D eigenvalue weighted by Crippen LogP contribution is 2.22. The number of carbonyl (C=O) groups is 3. The van der Waals surface area contributed by atoms with E-state index >= 15 is 0 Å². The van der Waals surface area contributed by atoms with E-state index in [1.165, 1.54) is 128 Å². The van der Waals surface area contributed by atoms with Gasteiger partial charge in [0.1, 0.15) is 0 Å². The average Bonchev–Trinajstić information content (AvgIpc) is 3.17. The second-order valence-electron chi connectivity index (χ2n) is 17.0. The molecule has 0 aliphatic heterocycles. The Morgan fingerprint density at radius 3 is 1.11 bits per heavy atom. The largest absolute Gasteiger partial charge is 0.466 e. The van der Waals surface area contributed by atoms with Crippen molar-refractivity contribution in [1.29, 1.82) is 0 Å². The molecule has 0 aromatic carbocycles. The molecule has 0 heterocycles. The van der Waals surface area contributed by atoms with Crippen molar-refractivity contribution in [3.05, 3.63) is 0 Å². The number of rotatable bonds is 42. The Balaban J connectivity index is 4.10. The number of hydrogen-bond acceptors (Lipinski definition) is 6. The van der Waals surface area contributed by atoms with E-state index in [1.807, 2.05) is 7.05 Å². The topological polar surface area (TPSA) is 84.9 Å². The number of likely N-dealkylation sites (N-methyl/N-ethyl adjacent to an activating group) is 1. The molecule has 0 aromatic heterocycles. The lowest BCUT2D eigenvalue weighted by Gasteiger charge is -2.21. The normalized spacial score (nSPS) is 11.7. The highest BCUT2D eigenvalue weighted by atomic mass is 16.5. The molecule has 7 heteroatoms. The van der Waals surface area contributed by atoms with Crippen molar-refractivity contribution < 1.29 is 23.9 Å². The third-order valence-electron chi connectivity index (χ3n) is 11.5. The molecule has 1 amide bonds. The molecule has 0 unspecified atom stereocenters. The third-order valence-corrected chi connectivity index (χ3v) is 11.5. The van der Waals surface area contributed by atoms with Crippen molar-refractivity contribution >= 4 is 17.8 Å². The number of unbranched alkanes of at least 4 members (excludes halogenated alkanes) is 18. The molecule has 0 saturated heterocycles. The van der Waals surface area contributed by atoms with Gasteiger partial charge >= 0.3 is 11.9 Å². The summed E-state index contributed by atoms with van der Waals surface area (Å²) < 4.78 is 11.2. The number of esters is 2. The molecule has 0 aromatic rings. The SMILES string of the molecule is CCCCC(CCCC)CC(=O)OCCCCCCCCCCC(CCCCCCCCCCOC(=O)CC(CCCC)CCCC)NC(=O)CN(C)CC. The second kappa shape index (κ2) is 40.6. The number of amides is 1. The third kappa shape index (κ3) is 36.5. The molecular formula is C48H94N2O5. The Morgan fingerprint density at radius 2 is 0.782 bits per heavy atom. The van der Waals surface area contributed by atoms with Gasteiger partial charge in [0.2, 0.25) is 5.91 Å². The van der Waals surface area contributed by atoms with Gasteiger partial charge in [0.05, 0.1) is 19.8 Å². The summed E-state index contributed by atoms with van der Waals surface area (Å²) in [5.41, 5.74) is 0. The Morgan fingerprint density at radius 1 is 0.455 bits per heavy atom. The molecular weight excluding hydrogens is 685 g/mol. The van der Waals surface area contributed by atoms with Crippen molar-refractivity contribution in [2.24, 2.45) is 11.8 Å². The zero-order valence-corrected chi connectivity index (χ0v) is 37.7. The summed E-state index contributed by atoms with van der Waals surface area (Å²) in [5, 5.41) is 3.36. The van der Waals surface area contributed by atoms with E-state index in [9.17, 15) is 14.4 Å². The summed E-state index contributed by atoms with van der Waals surface area (Å²) >= 11 is 0. The maximum absolute atomic E-state index is 12.7. The Hall–Kier alpha value is -1.63. The molecule has 7 nitrogen and oxygen atoms in total. The van der Waals surface area contributed by atoms with E-state index in [0.29, 0.717) is 44.4 Å². The van der Waals surface area contributed by atoms with E-state index in [4.69, 9.17) is 9.47 Å². The molecule has 0 spiro atoms. The van der Waals surface area contributed by atoms with Crippen LogP contribution in [0.2, 0.25) is 0 Å². The van der Waals surface area contributed by atoms with Gasteiger partial charge in [0, 0.05) is 18.9 Å². The van der Waals surface area contributed by atoms with Gasteiger partial charge in [-0.05, 0) is 76.8 Å². The minimum atomic E-state index is 0.00635. The molecule has 55 heavy (non-hydrogen) atoms. The molecule has 326 valence electrons. The first-order valence-corrected chi connectivity index (χ1v) is 24.1. The van der Waals surface area contributed by atoms with E-state index in [-0.39, 0.29) is 23.9 Å². The number of nitrogens with one attached hydrogen (secondary N) is 1. The van der Waals surface area contributed by atoms with E-state index in [1.54, 1.807) is 0 Å². The van der Waals surface area contributed by atoms with Crippen molar-refractivity contribution in [3.8, 4) is 0 Å². The van der Waals surface area contributed by atoms with Crippen LogP contribution in [-0.2, 0) is 23.9 Å². The second-order valence-corrected chi connectivity index (χ2v) is 17.0. The van der Waals surface area contributed by atoms with Crippen LogP contribution in [-0.4, -0.2) is 62.1 Å². The van der Waals surface area contributed by atoms with Gasteiger partial charge < -0.3 is 14.8 Å². The standard InChI is InChI=1S/C48H94N2O5/c1-7-12-32-43(33-13-8-2)40-47(52)54-38-30-26-22-18-16-20-24-28-36-45(49-46(51)42-50(6)11-5)37-29-25-21-17-19-23-27-31-39-55-48(53)41-44(34-14-9-3)35-15-10-4/h43-45H,7-42H2,1-6H3,(H,49,51). The average molecular weight is 779 g/mol. The fourth-order valence-corrected chi connectivity index (χ4v) is 7.66. The van der Waals surface area contributed by atoms with Gasteiger partial charge in [-0.1, -0.05) is 176 Å². The summed E-state index contributed by atoms with van der Waals surface area (Å²) in [6, 6.07) is 0.283. The number of ether oxygens (including phenoxy) is 2. The van der Waals surface area contributed by atoms with Crippen molar-refractivity contribution in [3.63, 3.8) is 0 Å². The van der Waals surface area contributed by atoms with Gasteiger partial charge in [0.15, 0.2) is 0 Å². The lowest BCUT2D eigenvalue weighted by atomic mass is 9.93. The van der Waals surface area contributed by atoms with Crippen LogP contribution in [0.5, 0.6) is 0 Å². The van der Waals surface area contributed by atoms with E-state index in [0.717, 1.165) is 70.8 Å². The molecule has 1 N–H and O–H groups in total. The maximum atomic E-state index is 12.7. The van der Waals surface area contributed by atoms with Gasteiger partial charge in [-0.3, -0.25) is 19.3 Å². The summed E-state index contributed by atoms with van der Waals surface area (Å²) in [6.07, 6.45) is 36.6. The first-order valence-electron chi connectivity index (χ1n) is 24.1. The number of nitrogens with zero attached hydrogens (tertiary/aromatic N) is 1. The summed E-state index contributed by atoms with van der Waals surface area (Å²) in [4.78, 5) is 39.5. The van der Waals surface area contributed by atoms with Gasteiger partial charge in [0.25, 0.3) is 0 Å². The van der Waals surface area contributed by atoms with Gasteiger partial charge in [-0.25, -0.2) is 0 Å². The highest BCUT2D eigenvalue weighted by Gasteiger charge is 2.16. The first-order chi connectivity index (χ1) is 26.8. The van der Waals surface area contributed by atoms with Gasteiger partial charge in [-0.2, -0.15) is 0 Å². The molecule has 0 fully saturated rings. The Labute approximate surface area is 342 Å². The monoisotopic (exact) mass is 779 g/mol. The molecule has 0 rings (SSSR count). The first kappa shape index (κ1) is 53.4. The van der Waals surface area contributed by atoms with Crippen LogP contribution in [0.3, 0.4) is 0 Å². The lowest BCUT2D eigenvalue weighted by molar-refractivity contribution is -0.146. The minimum absolute atomic E-state index is 0.00635. The number of carbonyl (C=O) groups excluding carboxylic acids is 3. The Kier molecular flexibility index (Phi) is 39.4. The molecule has 0 aliphatic carbocycles. The zero-order valence-electron chi connectivity index (χ0n) is 37.7. The quantitative estimate of drug-likeness (QED) is 0.0491. The van der Waals surface area contributed by atoms with Crippen LogP contribution in [0, 0.1) is 11.8 Å². The van der Waals surface area contributed by atoms with Crippen LogP contribution in [0.15, 0.2) is 0 Å². The lowest BCUT2D eigenvalue weighted by Crippen LogP contribution is -2.41. The predicted molar refractivity (Wildman–Crippen MR) is 234 cm³/mol. The molecule has 0 bridgehead atoms. The van der Waals surface area contributed by atoms with Crippen LogP contribution >= 0.6 is 0 Å². The summed E-state index contributed by atoms with van der Waals surface area (Å²) in [7, 11) is 2.01. The number of hydrogen-bond donors (Lipinski definition) is 1. The van der Waals surface area contributed by atoms with Crippen LogP contribution < -0.4 is 5.32 Å². The van der Waals surface area contributed by atoms with Crippen LogP contribution in [0.4, 0.5) is 0 Å². The highest BCUT2D eigenvalue weighted by molar-refractivity contribution is 5.78. The summed E-state index contributed by atoms with van der Waals surface area (Å²) in [6.45, 7) is 13.5. The van der Waals surface area contributed by atoms with Crippen molar-refractivity contribution in [2.45, 2.75) is 246 Å². The molecule has 0 saturated carbocycles. The predicted octanol–water partition coefficient (Wildman–Crippen LogP) is 13.3. The van der Waals surface area contributed by atoms with Crippen LogP contribution in [0.25, 0.3) is 0 Å². The zero-order chi connectivity index (χ0) is 40.6. The molecule has 0 radical (unpaired) electrons. The fraction of sp³-hybridized carbons (Fsp3) is 0.938. The smallest absolute Gasteiger partial charge is 0.306 e.